The molecule has 226 valence electrons. The van der Waals surface area contributed by atoms with Gasteiger partial charge in [0.2, 0.25) is 11.8 Å². The predicted octanol–water partition coefficient (Wildman–Crippen LogP) is 1.82. The largest absolute Gasteiger partial charge is 0.380 e. The summed E-state index contributed by atoms with van der Waals surface area (Å²) in [5, 5.41) is 5.54. The number of imide groups is 2. The zero-order valence-electron chi connectivity index (χ0n) is 24.3. The molecule has 2 aromatic carbocycles. The van der Waals surface area contributed by atoms with E-state index in [9.17, 15) is 24.0 Å². The molecule has 12 heteroatoms. The topological polar surface area (TPSA) is 158 Å². The molecule has 1 atom stereocenters. The number of fused-ring (bicyclic) bond motifs is 1. The third-order valence-electron chi connectivity index (χ3n) is 8.49. The Balaban J connectivity index is 1.06. The normalized spacial score (nSPS) is 18.8. The van der Waals surface area contributed by atoms with Crippen molar-refractivity contribution in [3.05, 3.63) is 88.2 Å². The van der Waals surface area contributed by atoms with E-state index in [0.29, 0.717) is 12.2 Å². The second-order valence-electron chi connectivity index (χ2n) is 11.3. The molecule has 0 radical (unpaired) electrons. The van der Waals surface area contributed by atoms with Gasteiger partial charge in [-0.3, -0.25) is 39.1 Å². The van der Waals surface area contributed by atoms with Gasteiger partial charge in [0.05, 0.1) is 23.0 Å². The molecular weight excluding hydrogens is 562 g/mol. The Kier molecular flexibility index (Phi) is 7.83. The third kappa shape index (κ3) is 5.63. The lowest BCUT2D eigenvalue weighted by atomic mass is 10.0. The fourth-order valence-electron chi connectivity index (χ4n) is 6.03. The summed E-state index contributed by atoms with van der Waals surface area (Å²) < 4.78 is 0. The van der Waals surface area contributed by atoms with E-state index in [2.05, 4.69) is 50.5 Å². The van der Waals surface area contributed by atoms with E-state index in [-0.39, 0.29) is 29.7 Å². The highest BCUT2D eigenvalue weighted by Gasteiger charge is 2.45. The number of amides is 5. The number of piperidine rings is 1. The second-order valence-corrected chi connectivity index (χ2v) is 11.3. The molecule has 0 spiro atoms. The number of hydrogen-bond acceptors (Lipinski definition) is 9. The van der Waals surface area contributed by atoms with Crippen molar-refractivity contribution in [2.24, 2.45) is 5.73 Å². The maximum absolute atomic E-state index is 13.4. The van der Waals surface area contributed by atoms with Crippen molar-refractivity contribution in [1.29, 1.82) is 0 Å². The lowest BCUT2D eigenvalue weighted by molar-refractivity contribution is -0.136. The number of nitrogens with zero attached hydrogens (tertiary/aromatic N) is 4. The third-order valence-corrected chi connectivity index (χ3v) is 8.49. The van der Waals surface area contributed by atoms with Gasteiger partial charge in [-0.15, -0.1) is 0 Å². The summed E-state index contributed by atoms with van der Waals surface area (Å²) >= 11 is 0. The summed E-state index contributed by atoms with van der Waals surface area (Å²) in [6.07, 6.45) is 1.88. The molecule has 12 nitrogen and oxygen atoms in total. The van der Waals surface area contributed by atoms with Crippen LogP contribution in [0, 0.1) is 6.92 Å². The highest BCUT2D eigenvalue weighted by molar-refractivity contribution is 6.25. The molecule has 6 rings (SSSR count). The van der Waals surface area contributed by atoms with Crippen LogP contribution in [0.15, 0.2) is 54.7 Å². The number of pyridine rings is 1. The van der Waals surface area contributed by atoms with E-state index in [1.54, 1.807) is 30.5 Å². The van der Waals surface area contributed by atoms with Gasteiger partial charge in [0.1, 0.15) is 11.7 Å². The SMILES string of the molecule is Cc1cc(CNc2cccc3c2C(=O)N(C2CCC(=O)NC2=O)C3=O)ccc1CN1CCN(c2ccc(C(N)=O)nc2)CC1. The first-order valence-electron chi connectivity index (χ1n) is 14.6. The highest BCUT2D eigenvalue weighted by atomic mass is 16.2. The summed E-state index contributed by atoms with van der Waals surface area (Å²) in [5.74, 6) is -2.63. The number of nitrogens with one attached hydrogen (secondary N) is 2. The first kappa shape index (κ1) is 29.0. The first-order chi connectivity index (χ1) is 21.2. The molecule has 0 bridgehead atoms. The Morgan fingerprint density at radius 3 is 2.50 bits per heavy atom. The minimum absolute atomic E-state index is 0.0756. The van der Waals surface area contributed by atoms with Gasteiger partial charge in [-0.25, -0.2) is 4.98 Å². The van der Waals surface area contributed by atoms with Crippen LogP contribution in [0.5, 0.6) is 0 Å². The van der Waals surface area contributed by atoms with Gasteiger partial charge in [0.15, 0.2) is 0 Å². The predicted molar refractivity (Wildman–Crippen MR) is 162 cm³/mol. The molecule has 3 aliphatic rings. The highest BCUT2D eigenvalue weighted by Crippen LogP contribution is 2.32. The van der Waals surface area contributed by atoms with E-state index < -0.39 is 35.6 Å². The maximum Gasteiger partial charge on any atom is 0.267 e. The molecule has 4 heterocycles. The van der Waals surface area contributed by atoms with Crippen LogP contribution in [0.1, 0.15) is 60.7 Å². The fraction of sp³-hybridized carbons (Fsp3) is 0.312. The molecule has 2 fully saturated rings. The summed E-state index contributed by atoms with van der Waals surface area (Å²) in [5.41, 5.74) is 11.0. The van der Waals surface area contributed by atoms with Gasteiger partial charge in [-0.05, 0) is 54.3 Å². The molecule has 0 aliphatic carbocycles. The monoisotopic (exact) mass is 595 g/mol. The maximum atomic E-state index is 13.4. The Hall–Kier alpha value is -5.10. The van der Waals surface area contributed by atoms with Crippen molar-refractivity contribution < 1.29 is 24.0 Å². The molecule has 0 saturated carbocycles. The lowest BCUT2D eigenvalue weighted by Gasteiger charge is -2.36. The second kappa shape index (κ2) is 11.9. The Bertz CT molecular complexity index is 1660. The summed E-state index contributed by atoms with van der Waals surface area (Å²) in [4.78, 5) is 71.5. The van der Waals surface area contributed by atoms with Crippen molar-refractivity contribution in [2.75, 3.05) is 36.4 Å². The number of carbonyl (C=O) groups excluding carboxylic acids is 5. The van der Waals surface area contributed by atoms with Crippen LogP contribution in [-0.2, 0) is 22.7 Å². The van der Waals surface area contributed by atoms with Crippen LogP contribution in [0.3, 0.4) is 0 Å². The smallest absolute Gasteiger partial charge is 0.267 e. The first-order valence-corrected chi connectivity index (χ1v) is 14.6. The standard InChI is InChI=1S/C32H33N7O5/c1-19-15-20(5-6-21(19)18-37-11-13-38(14-12-37)22-7-8-25(29(33)41)35-17-22)16-34-24-4-2-3-23-28(24)32(44)39(31(23)43)26-9-10-27(40)36-30(26)42/h2-8,15,17,26,34H,9-14,16,18H2,1H3,(H2,33,41)(H,36,40,42). The zero-order chi connectivity index (χ0) is 31.0. The molecule has 1 aromatic heterocycles. The summed E-state index contributed by atoms with van der Waals surface area (Å²) in [6.45, 7) is 6.83. The van der Waals surface area contributed by atoms with Crippen molar-refractivity contribution in [1.82, 2.24) is 20.1 Å². The number of anilines is 2. The number of primary amides is 1. The van der Waals surface area contributed by atoms with Crippen LogP contribution in [-0.4, -0.2) is 76.5 Å². The molecule has 3 aliphatic heterocycles. The number of aryl methyl sites for hydroxylation is 1. The van der Waals surface area contributed by atoms with Crippen LogP contribution in [0.2, 0.25) is 0 Å². The number of rotatable bonds is 8. The average Bonchev–Trinajstić information content (AvgIpc) is 3.27. The number of hydrogen-bond donors (Lipinski definition) is 3. The number of carbonyl (C=O) groups is 5. The van der Waals surface area contributed by atoms with Crippen LogP contribution >= 0.6 is 0 Å². The average molecular weight is 596 g/mol. The minimum atomic E-state index is -1.00. The Morgan fingerprint density at radius 2 is 1.82 bits per heavy atom. The lowest BCUT2D eigenvalue weighted by Crippen LogP contribution is -2.54. The molecule has 4 N–H and O–H groups in total. The van der Waals surface area contributed by atoms with E-state index >= 15 is 0 Å². The van der Waals surface area contributed by atoms with Crippen molar-refractivity contribution in [3.63, 3.8) is 0 Å². The van der Waals surface area contributed by atoms with Gasteiger partial charge >= 0.3 is 0 Å². The quantitative estimate of drug-likeness (QED) is 0.330. The van der Waals surface area contributed by atoms with Gasteiger partial charge in [-0.1, -0.05) is 24.3 Å². The molecule has 3 aromatic rings. The Labute approximate surface area is 254 Å². The van der Waals surface area contributed by atoms with Gasteiger partial charge < -0.3 is 16.0 Å². The van der Waals surface area contributed by atoms with E-state index in [4.69, 9.17) is 5.73 Å². The van der Waals surface area contributed by atoms with Crippen LogP contribution in [0.25, 0.3) is 0 Å². The number of nitrogens with two attached hydrogens (primary N) is 1. The number of benzene rings is 2. The fourth-order valence-corrected chi connectivity index (χ4v) is 6.03. The summed E-state index contributed by atoms with van der Waals surface area (Å²) in [7, 11) is 0. The summed E-state index contributed by atoms with van der Waals surface area (Å²) in [6, 6.07) is 13.9. The van der Waals surface area contributed by atoms with Gasteiger partial charge in [0, 0.05) is 51.4 Å². The van der Waals surface area contributed by atoms with E-state index in [1.165, 1.54) is 5.56 Å². The van der Waals surface area contributed by atoms with E-state index in [1.807, 2.05) is 6.07 Å². The molecule has 1 unspecified atom stereocenters. The van der Waals surface area contributed by atoms with Crippen LogP contribution < -0.4 is 21.3 Å². The van der Waals surface area contributed by atoms with Crippen molar-refractivity contribution >= 4 is 40.9 Å². The number of aromatic nitrogens is 1. The van der Waals surface area contributed by atoms with Gasteiger partial charge in [-0.2, -0.15) is 0 Å². The van der Waals surface area contributed by atoms with Crippen molar-refractivity contribution in [2.45, 2.75) is 38.9 Å². The van der Waals surface area contributed by atoms with E-state index in [0.717, 1.165) is 54.4 Å². The number of piperazine rings is 1. The molecule has 44 heavy (non-hydrogen) atoms. The molecule has 2 saturated heterocycles. The van der Waals surface area contributed by atoms with Gasteiger partial charge in [0.25, 0.3) is 17.7 Å². The van der Waals surface area contributed by atoms with Crippen molar-refractivity contribution in [3.8, 4) is 0 Å². The van der Waals surface area contributed by atoms with Crippen LogP contribution in [0.4, 0.5) is 11.4 Å². The minimum Gasteiger partial charge on any atom is -0.380 e. The Morgan fingerprint density at radius 1 is 1.02 bits per heavy atom. The molecular formula is C32H33N7O5. The zero-order valence-corrected chi connectivity index (χ0v) is 24.3. The molecule has 5 amide bonds.